The Bertz CT molecular complexity index is 630. The summed E-state index contributed by atoms with van der Waals surface area (Å²) in [5.74, 6) is 1.35. The van der Waals surface area contributed by atoms with E-state index in [0.29, 0.717) is 34.8 Å². The molecule has 0 amide bonds. The van der Waals surface area contributed by atoms with Gasteiger partial charge in [0.2, 0.25) is 0 Å². The molecule has 1 aromatic carbocycles. The van der Waals surface area contributed by atoms with Crippen LogP contribution in [0.4, 0.5) is 0 Å². The molecular formula is C14H13Cl2NO2S. The molecule has 0 saturated carbocycles. The zero-order chi connectivity index (χ0) is 14.1. The van der Waals surface area contributed by atoms with Gasteiger partial charge < -0.3 is 15.2 Å². The minimum Gasteiger partial charge on any atom is -0.490 e. The number of halogens is 2. The number of nitrogens with two attached hydrogens (primary N) is 1. The number of benzene rings is 1. The summed E-state index contributed by atoms with van der Waals surface area (Å²) < 4.78 is 11.3. The Hall–Kier alpha value is -0.940. The SMILES string of the molecule is NC(c1cc2c(cc1Cl)OCCCO2)c1sccc1Cl. The van der Waals surface area contributed by atoms with Gasteiger partial charge in [-0.2, -0.15) is 0 Å². The molecule has 2 heterocycles. The van der Waals surface area contributed by atoms with Crippen molar-refractivity contribution in [3.63, 3.8) is 0 Å². The fourth-order valence-electron chi connectivity index (χ4n) is 2.11. The normalized spacial score (nSPS) is 15.8. The molecule has 2 N–H and O–H groups in total. The topological polar surface area (TPSA) is 44.5 Å². The van der Waals surface area contributed by atoms with Gasteiger partial charge in [0, 0.05) is 22.4 Å². The molecule has 6 heteroatoms. The summed E-state index contributed by atoms with van der Waals surface area (Å²) in [5, 5.41) is 3.13. The van der Waals surface area contributed by atoms with Crippen LogP contribution < -0.4 is 15.2 Å². The highest BCUT2D eigenvalue weighted by molar-refractivity contribution is 7.10. The average molecular weight is 330 g/mol. The zero-order valence-electron chi connectivity index (χ0n) is 10.6. The minimum atomic E-state index is -0.368. The summed E-state index contributed by atoms with van der Waals surface area (Å²) >= 11 is 14.0. The van der Waals surface area contributed by atoms with Crippen LogP contribution in [0.15, 0.2) is 23.6 Å². The Labute approximate surface area is 131 Å². The van der Waals surface area contributed by atoms with Crippen molar-refractivity contribution < 1.29 is 9.47 Å². The van der Waals surface area contributed by atoms with Crippen LogP contribution in [-0.4, -0.2) is 13.2 Å². The molecule has 3 nitrogen and oxygen atoms in total. The van der Waals surface area contributed by atoms with Gasteiger partial charge in [-0.25, -0.2) is 0 Å². The third kappa shape index (κ3) is 2.61. The van der Waals surface area contributed by atoms with E-state index in [9.17, 15) is 0 Å². The third-order valence-corrected chi connectivity index (χ3v) is 4.90. The van der Waals surface area contributed by atoms with Crippen LogP contribution in [-0.2, 0) is 0 Å². The predicted molar refractivity (Wildman–Crippen MR) is 82.4 cm³/mol. The highest BCUT2D eigenvalue weighted by Crippen LogP contribution is 2.40. The lowest BCUT2D eigenvalue weighted by Gasteiger charge is -2.16. The summed E-state index contributed by atoms with van der Waals surface area (Å²) in [4.78, 5) is 0.892. The fourth-order valence-corrected chi connectivity index (χ4v) is 3.57. The van der Waals surface area contributed by atoms with Gasteiger partial charge in [-0.15, -0.1) is 11.3 Å². The van der Waals surface area contributed by atoms with E-state index in [0.717, 1.165) is 16.9 Å². The van der Waals surface area contributed by atoms with Crippen LogP contribution in [0.3, 0.4) is 0 Å². The average Bonchev–Trinajstić information content (AvgIpc) is 2.72. The lowest BCUT2D eigenvalue weighted by molar-refractivity contribution is 0.297. The first kappa shape index (κ1) is 14.0. The molecule has 0 radical (unpaired) electrons. The molecule has 0 saturated heterocycles. The first-order valence-corrected chi connectivity index (χ1v) is 7.88. The van der Waals surface area contributed by atoms with Gasteiger partial charge in [-0.3, -0.25) is 0 Å². The van der Waals surface area contributed by atoms with E-state index in [1.54, 1.807) is 6.07 Å². The molecule has 1 aromatic heterocycles. The van der Waals surface area contributed by atoms with Crippen molar-refractivity contribution >= 4 is 34.5 Å². The third-order valence-electron chi connectivity index (χ3n) is 3.13. The van der Waals surface area contributed by atoms with Crippen LogP contribution in [0, 0.1) is 0 Å². The first-order valence-electron chi connectivity index (χ1n) is 6.24. The molecule has 20 heavy (non-hydrogen) atoms. The second kappa shape index (κ2) is 5.82. The molecule has 0 fully saturated rings. The smallest absolute Gasteiger partial charge is 0.162 e. The summed E-state index contributed by atoms with van der Waals surface area (Å²) in [6.07, 6.45) is 0.852. The van der Waals surface area contributed by atoms with E-state index < -0.39 is 0 Å². The molecule has 106 valence electrons. The summed E-state index contributed by atoms with van der Waals surface area (Å²) in [6.45, 7) is 1.26. The second-order valence-corrected chi connectivity index (χ2v) is 6.24. The lowest BCUT2D eigenvalue weighted by Crippen LogP contribution is -2.11. The number of rotatable bonds is 2. The molecule has 0 spiro atoms. The van der Waals surface area contributed by atoms with Crippen molar-refractivity contribution in [1.82, 2.24) is 0 Å². The molecule has 0 aliphatic carbocycles. The fraction of sp³-hybridized carbons (Fsp3) is 0.286. The van der Waals surface area contributed by atoms with E-state index in [1.165, 1.54) is 11.3 Å². The number of fused-ring (bicyclic) bond motifs is 1. The van der Waals surface area contributed by atoms with Gasteiger partial charge in [0.05, 0.1) is 24.3 Å². The van der Waals surface area contributed by atoms with Gasteiger partial charge in [-0.05, 0) is 23.1 Å². The summed E-state index contributed by atoms with van der Waals surface area (Å²) in [7, 11) is 0. The molecule has 2 aromatic rings. The minimum absolute atomic E-state index is 0.368. The number of hydrogen-bond donors (Lipinski definition) is 1. The molecule has 3 rings (SSSR count). The Morgan fingerprint density at radius 3 is 2.45 bits per heavy atom. The van der Waals surface area contributed by atoms with Gasteiger partial charge in [0.15, 0.2) is 11.5 Å². The maximum atomic E-state index is 6.32. The standard InChI is InChI=1S/C14H13Cl2NO2S/c15-9-2-5-20-14(9)13(17)8-6-11-12(7-10(8)16)19-4-1-3-18-11/h2,5-7,13H,1,3-4,17H2. The number of thiophene rings is 1. The van der Waals surface area contributed by atoms with E-state index in [2.05, 4.69) is 0 Å². The van der Waals surface area contributed by atoms with E-state index in [1.807, 2.05) is 17.5 Å². The largest absolute Gasteiger partial charge is 0.490 e. The van der Waals surface area contributed by atoms with Gasteiger partial charge in [-0.1, -0.05) is 23.2 Å². The molecule has 1 atom stereocenters. The Morgan fingerprint density at radius 1 is 1.10 bits per heavy atom. The second-order valence-electron chi connectivity index (χ2n) is 4.48. The van der Waals surface area contributed by atoms with E-state index in [4.69, 9.17) is 38.4 Å². The molecule has 1 aliphatic rings. The highest BCUT2D eigenvalue weighted by atomic mass is 35.5. The predicted octanol–water partition coefficient (Wildman–Crippen LogP) is 4.26. The van der Waals surface area contributed by atoms with E-state index >= 15 is 0 Å². The van der Waals surface area contributed by atoms with Gasteiger partial charge >= 0.3 is 0 Å². The quantitative estimate of drug-likeness (QED) is 0.895. The van der Waals surface area contributed by atoms with Crippen molar-refractivity contribution in [3.8, 4) is 11.5 Å². The Morgan fingerprint density at radius 2 is 1.80 bits per heavy atom. The number of ether oxygens (including phenoxy) is 2. The summed E-state index contributed by atoms with van der Waals surface area (Å²) in [6, 6.07) is 5.08. The zero-order valence-corrected chi connectivity index (χ0v) is 12.9. The summed E-state index contributed by atoms with van der Waals surface area (Å²) in [5.41, 5.74) is 7.07. The molecule has 1 aliphatic heterocycles. The van der Waals surface area contributed by atoms with Crippen LogP contribution in [0.1, 0.15) is 22.9 Å². The van der Waals surface area contributed by atoms with Crippen LogP contribution in [0.2, 0.25) is 10.0 Å². The lowest BCUT2D eigenvalue weighted by atomic mass is 10.1. The molecule has 1 unspecified atom stereocenters. The number of hydrogen-bond acceptors (Lipinski definition) is 4. The van der Waals surface area contributed by atoms with Crippen LogP contribution in [0.25, 0.3) is 0 Å². The van der Waals surface area contributed by atoms with Gasteiger partial charge in [0.1, 0.15) is 0 Å². The first-order chi connectivity index (χ1) is 9.66. The maximum absolute atomic E-state index is 6.32. The van der Waals surface area contributed by atoms with Crippen molar-refractivity contribution in [1.29, 1.82) is 0 Å². The van der Waals surface area contributed by atoms with Crippen LogP contribution >= 0.6 is 34.5 Å². The maximum Gasteiger partial charge on any atom is 0.162 e. The van der Waals surface area contributed by atoms with Crippen molar-refractivity contribution in [2.45, 2.75) is 12.5 Å². The Kier molecular flexibility index (Phi) is 4.08. The van der Waals surface area contributed by atoms with Crippen molar-refractivity contribution in [2.24, 2.45) is 5.73 Å². The van der Waals surface area contributed by atoms with Crippen molar-refractivity contribution in [2.75, 3.05) is 13.2 Å². The van der Waals surface area contributed by atoms with Gasteiger partial charge in [0.25, 0.3) is 0 Å². The monoisotopic (exact) mass is 329 g/mol. The van der Waals surface area contributed by atoms with Crippen LogP contribution in [0.5, 0.6) is 11.5 Å². The molecule has 0 bridgehead atoms. The van der Waals surface area contributed by atoms with Crippen molar-refractivity contribution in [3.05, 3.63) is 44.1 Å². The Balaban J connectivity index is 2.01. The molecular weight excluding hydrogens is 317 g/mol. The van der Waals surface area contributed by atoms with E-state index in [-0.39, 0.29) is 6.04 Å². The highest BCUT2D eigenvalue weighted by Gasteiger charge is 2.21.